The van der Waals surface area contributed by atoms with Crippen LogP contribution in [-0.2, 0) is 10.0 Å². The van der Waals surface area contributed by atoms with Crippen molar-refractivity contribution in [1.82, 2.24) is 8.96 Å². The fourth-order valence-corrected chi connectivity index (χ4v) is 3.70. The van der Waals surface area contributed by atoms with Crippen LogP contribution in [0.4, 0.5) is 5.82 Å². The Morgan fingerprint density at radius 2 is 1.87 bits per heavy atom. The molecule has 116 valence electrons. The Morgan fingerprint density at radius 1 is 1.17 bits per heavy atom. The second kappa shape index (κ2) is 5.29. The third kappa shape index (κ3) is 2.27. The minimum Gasteiger partial charge on any atom is -0.358 e. The molecular formula is C14H9N3O5S. The van der Waals surface area contributed by atoms with E-state index in [0.29, 0.717) is 10.3 Å². The zero-order chi connectivity index (χ0) is 16.6. The van der Waals surface area contributed by atoms with Crippen LogP contribution in [0.1, 0.15) is 10.4 Å². The van der Waals surface area contributed by atoms with Crippen molar-refractivity contribution in [3.63, 3.8) is 0 Å². The monoisotopic (exact) mass is 331 g/mol. The number of pyridine rings is 1. The molecule has 1 aromatic carbocycles. The van der Waals surface area contributed by atoms with Gasteiger partial charge in [-0.05, 0) is 23.1 Å². The van der Waals surface area contributed by atoms with Gasteiger partial charge in [-0.3, -0.25) is 4.79 Å². The summed E-state index contributed by atoms with van der Waals surface area (Å²) in [6, 6.07) is 9.70. The molecule has 0 aliphatic carbocycles. The number of hydrogen-bond acceptors (Lipinski definition) is 6. The number of aldehydes is 1. The van der Waals surface area contributed by atoms with E-state index in [1.807, 2.05) is 0 Å². The topological polar surface area (TPSA) is 112 Å². The SMILES string of the molecule is O=Cc1ccnc2c1cc([N+](=O)[O-])n2S(=O)(=O)c1ccccc1. The predicted molar refractivity (Wildman–Crippen MR) is 80.8 cm³/mol. The molecule has 0 unspecified atom stereocenters. The van der Waals surface area contributed by atoms with Crippen LogP contribution in [0, 0.1) is 10.1 Å². The number of aromatic nitrogens is 2. The standard InChI is InChI=1S/C14H9N3O5S/c18-9-10-6-7-15-14-12(10)8-13(17(19)20)16(14)23(21,22)11-4-2-1-3-5-11/h1-9H. The first-order chi connectivity index (χ1) is 11.0. The maximum atomic E-state index is 12.8. The number of rotatable bonds is 4. The van der Waals surface area contributed by atoms with Crippen LogP contribution in [0.15, 0.2) is 53.6 Å². The van der Waals surface area contributed by atoms with E-state index in [1.54, 1.807) is 6.07 Å². The first kappa shape index (κ1) is 14.9. The van der Waals surface area contributed by atoms with E-state index in [9.17, 15) is 23.3 Å². The zero-order valence-electron chi connectivity index (χ0n) is 11.5. The molecule has 23 heavy (non-hydrogen) atoms. The first-order valence-corrected chi connectivity index (χ1v) is 7.81. The summed E-state index contributed by atoms with van der Waals surface area (Å²) in [5.41, 5.74) is -0.0368. The van der Waals surface area contributed by atoms with Gasteiger partial charge in [0.05, 0.1) is 5.39 Å². The van der Waals surface area contributed by atoms with Crippen LogP contribution in [0.5, 0.6) is 0 Å². The number of hydrogen-bond donors (Lipinski definition) is 0. The number of fused-ring (bicyclic) bond motifs is 1. The van der Waals surface area contributed by atoms with E-state index >= 15 is 0 Å². The normalized spacial score (nSPS) is 11.5. The first-order valence-electron chi connectivity index (χ1n) is 6.37. The maximum Gasteiger partial charge on any atom is 0.341 e. The van der Waals surface area contributed by atoms with Crippen molar-refractivity contribution < 1.29 is 18.1 Å². The molecule has 0 bridgehead atoms. The Hall–Kier alpha value is -3.07. The van der Waals surface area contributed by atoms with Gasteiger partial charge in [0.15, 0.2) is 6.29 Å². The van der Waals surface area contributed by atoms with E-state index in [-0.39, 0.29) is 21.5 Å². The lowest BCUT2D eigenvalue weighted by Gasteiger charge is -2.04. The summed E-state index contributed by atoms with van der Waals surface area (Å²) < 4.78 is 26.1. The summed E-state index contributed by atoms with van der Waals surface area (Å²) >= 11 is 0. The van der Waals surface area contributed by atoms with E-state index in [4.69, 9.17) is 0 Å². The third-order valence-corrected chi connectivity index (χ3v) is 4.98. The van der Waals surface area contributed by atoms with Crippen molar-refractivity contribution in [1.29, 1.82) is 0 Å². The van der Waals surface area contributed by atoms with Crippen LogP contribution < -0.4 is 0 Å². The molecule has 9 heteroatoms. The average molecular weight is 331 g/mol. The maximum absolute atomic E-state index is 12.8. The average Bonchev–Trinajstić information content (AvgIpc) is 2.96. The lowest BCUT2D eigenvalue weighted by Crippen LogP contribution is -2.15. The molecule has 0 saturated carbocycles. The highest BCUT2D eigenvalue weighted by atomic mass is 32.2. The summed E-state index contributed by atoms with van der Waals surface area (Å²) in [6.45, 7) is 0. The molecular weight excluding hydrogens is 322 g/mol. The molecule has 0 amide bonds. The fourth-order valence-electron chi connectivity index (χ4n) is 2.25. The van der Waals surface area contributed by atoms with E-state index in [1.165, 1.54) is 36.5 Å². The smallest absolute Gasteiger partial charge is 0.341 e. The van der Waals surface area contributed by atoms with Gasteiger partial charge in [-0.25, -0.2) is 4.98 Å². The lowest BCUT2D eigenvalue weighted by molar-refractivity contribution is -0.389. The van der Waals surface area contributed by atoms with Gasteiger partial charge in [-0.2, -0.15) is 8.42 Å². The van der Waals surface area contributed by atoms with Gasteiger partial charge in [-0.1, -0.05) is 22.2 Å². The molecule has 0 aliphatic heterocycles. The minimum absolute atomic E-state index is 0.105. The van der Waals surface area contributed by atoms with Gasteiger partial charge < -0.3 is 10.1 Å². The molecule has 0 aliphatic rings. The van der Waals surface area contributed by atoms with Crippen molar-refractivity contribution in [2.75, 3.05) is 0 Å². The van der Waals surface area contributed by atoms with Gasteiger partial charge in [-0.15, -0.1) is 0 Å². The van der Waals surface area contributed by atoms with Crippen molar-refractivity contribution in [3.05, 3.63) is 64.3 Å². The number of nitrogens with zero attached hydrogens (tertiary/aromatic N) is 3. The molecule has 0 N–H and O–H groups in total. The number of benzene rings is 1. The Morgan fingerprint density at radius 3 is 2.48 bits per heavy atom. The van der Waals surface area contributed by atoms with E-state index in [2.05, 4.69) is 4.98 Å². The lowest BCUT2D eigenvalue weighted by atomic mass is 10.2. The molecule has 3 aromatic rings. The Balaban J connectivity index is 2.43. The second-order valence-corrected chi connectivity index (χ2v) is 6.38. The van der Waals surface area contributed by atoms with Crippen LogP contribution in [0.3, 0.4) is 0 Å². The largest absolute Gasteiger partial charge is 0.358 e. The van der Waals surface area contributed by atoms with E-state index < -0.39 is 20.8 Å². The van der Waals surface area contributed by atoms with E-state index in [0.717, 1.165) is 6.07 Å². The summed E-state index contributed by atoms with van der Waals surface area (Å²) in [5, 5.41) is 11.4. The van der Waals surface area contributed by atoms with Gasteiger partial charge in [0.25, 0.3) is 0 Å². The molecule has 0 fully saturated rings. The van der Waals surface area contributed by atoms with Crippen LogP contribution >= 0.6 is 0 Å². The molecule has 0 radical (unpaired) electrons. The summed E-state index contributed by atoms with van der Waals surface area (Å²) in [5.74, 6) is -0.675. The van der Waals surface area contributed by atoms with Gasteiger partial charge in [0.1, 0.15) is 4.90 Å². The highest BCUT2D eigenvalue weighted by Crippen LogP contribution is 2.30. The van der Waals surface area contributed by atoms with Crippen molar-refractivity contribution in [3.8, 4) is 0 Å². The Bertz CT molecular complexity index is 1030. The van der Waals surface area contributed by atoms with Crippen molar-refractivity contribution in [2.45, 2.75) is 4.90 Å². The highest BCUT2D eigenvalue weighted by Gasteiger charge is 2.33. The van der Waals surface area contributed by atoms with Crippen LogP contribution in [-0.4, -0.2) is 28.6 Å². The third-order valence-electron chi connectivity index (χ3n) is 3.27. The number of nitro groups is 1. The minimum atomic E-state index is -4.23. The van der Waals surface area contributed by atoms with Crippen LogP contribution in [0.25, 0.3) is 11.0 Å². The van der Waals surface area contributed by atoms with Crippen molar-refractivity contribution in [2.24, 2.45) is 0 Å². The summed E-state index contributed by atoms with van der Waals surface area (Å²) in [7, 11) is -4.23. The molecule has 8 nitrogen and oxygen atoms in total. The quantitative estimate of drug-likeness (QED) is 0.410. The van der Waals surface area contributed by atoms with Gasteiger partial charge >= 0.3 is 15.8 Å². The van der Waals surface area contributed by atoms with Gasteiger partial charge in [0, 0.05) is 17.8 Å². The Kier molecular flexibility index (Phi) is 3.41. The number of carbonyl (C=O) groups is 1. The molecule has 0 saturated heterocycles. The summed E-state index contributed by atoms with van der Waals surface area (Å²) in [6.07, 6.45) is 1.72. The predicted octanol–water partition coefficient (Wildman–Crippen LogP) is 1.99. The van der Waals surface area contributed by atoms with Crippen molar-refractivity contribution >= 4 is 33.2 Å². The molecule has 0 atom stereocenters. The Labute approximate surface area is 130 Å². The fraction of sp³-hybridized carbons (Fsp3) is 0. The zero-order valence-corrected chi connectivity index (χ0v) is 12.3. The molecule has 2 aromatic heterocycles. The summed E-state index contributed by atoms with van der Waals surface area (Å²) in [4.78, 5) is 25.3. The van der Waals surface area contributed by atoms with Crippen LogP contribution in [0.2, 0.25) is 0 Å². The second-order valence-electron chi connectivity index (χ2n) is 4.60. The molecule has 2 heterocycles. The molecule has 0 spiro atoms. The van der Waals surface area contributed by atoms with Gasteiger partial charge in [0.2, 0.25) is 5.65 Å². The molecule has 3 rings (SSSR count). The highest BCUT2D eigenvalue weighted by molar-refractivity contribution is 7.90. The number of carbonyl (C=O) groups excluding carboxylic acids is 1.